The lowest BCUT2D eigenvalue weighted by molar-refractivity contribution is 0.263. The van der Waals surface area contributed by atoms with Crippen molar-refractivity contribution in [2.45, 2.75) is 115 Å². The van der Waals surface area contributed by atoms with Crippen LogP contribution in [0.25, 0.3) is 0 Å². The smallest absolute Gasteiger partial charge is 0.0629 e. The van der Waals surface area contributed by atoms with Gasteiger partial charge in [-0.25, -0.2) is 0 Å². The fraction of sp³-hybridized carbons (Fsp3) is 0.442. The molecule has 2 unspecified atom stereocenters. The van der Waals surface area contributed by atoms with Crippen molar-refractivity contribution in [2.24, 2.45) is 15.9 Å². The van der Waals surface area contributed by atoms with Gasteiger partial charge in [-0.2, -0.15) is 0 Å². The summed E-state index contributed by atoms with van der Waals surface area (Å²) in [7, 11) is 0. The van der Waals surface area contributed by atoms with Gasteiger partial charge in [-0.15, -0.1) is 0 Å². The Bertz CT molecular complexity index is 1410. The minimum Gasteiger partial charge on any atom is -0.256 e. The topological polar surface area (TPSA) is 24.7 Å². The van der Waals surface area contributed by atoms with Crippen LogP contribution in [0.5, 0.6) is 0 Å². The maximum atomic E-state index is 4.85. The molecule has 2 atom stereocenters. The molecule has 0 saturated carbocycles. The van der Waals surface area contributed by atoms with Crippen LogP contribution in [0.15, 0.2) is 113 Å². The fourth-order valence-corrected chi connectivity index (χ4v) is 7.64. The minimum atomic E-state index is 0.142. The van der Waals surface area contributed by atoms with Gasteiger partial charge in [-0.1, -0.05) is 158 Å². The molecule has 2 heteroatoms. The summed E-state index contributed by atoms with van der Waals surface area (Å²) in [6.45, 7) is 4.62. The van der Waals surface area contributed by atoms with Gasteiger partial charge in [0.05, 0.1) is 11.4 Å². The average Bonchev–Trinajstić information content (AvgIpc) is 3.35. The highest BCUT2D eigenvalue weighted by atomic mass is 14.7. The third-order valence-electron chi connectivity index (χ3n) is 10.1. The Morgan fingerprint density at radius 1 is 0.622 bits per heavy atom. The van der Waals surface area contributed by atoms with Gasteiger partial charge in [0.25, 0.3) is 0 Å². The largest absolute Gasteiger partial charge is 0.256 e. The number of rotatable bonds is 18. The van der Waals surface area contributed by atoms with Gasteiger partial charge in [0.2, 0.25) is 0 Å². The Morgan fingerprint density at radius 3 is 1.78 bits per heavy atom. The lowest BCUT2D eigenvalue weighted by Gasteiger charge is -2.38. The molecule has 0 saturated heterocycles. The Hall–Kier alpha value is -3.52. The molecule has 236 valence electrons. The minimum absolute atomic E-state index is 0.142. The van der Waals surface area contributed by atoms with Crippen molar-refractivity contribution < 1.29 is 0 Å². The molecule has 0 bridgehead atoms. The Labute approximate surface area is 273 Å². The monoisotopic (exact) mass is 598 g/mol. The predicted molar refractivity (Wildman–Crippen MR) is 196 cm³/mol. The third kappa shape index (κ3) is 8.81. The van der Waals surface area contributed by atoms with E-state index in [0.717, 1.165) is 11.4 Å². The summed E-state index contributed by atoms with van der Waals surface area (Å²) < 4.78 is 0. The van der Waals surface area contributed by atoms with E-state index >= 15 is 0 Å². The Kier molecular flexibility index (Phi) is 12.6. The molecule has 0 N–H and O–H groups in total. The first-order valence-corrected chi connectivity index (χ1v) is 18.0. The van der Waals surface area contributed by atoms with Gasteiger partial charge in [-0.05, 0) is 71.4 Å². The summed E-state index contributed by atoms with van der Waals surface area (Å²) in [6.07, 6.45) is 30.1. The fourth-order valence-electron chi connectivity index (χ4n) is 7.64. The van der Waals surface area contributed by atoms with Crippen LogP contribution < -0.4 is 0 Å². The van der Waals surface area contributed by atoms with E-state index in [1.54, 1.807) is 5.56 Å². The van der Waals surface area contributed by atoms with E-state index in [1.165, 1.54) is 107 Å². The van der Waals surface area contributed by atoms with Crippen LogP contribution in [0.2, 0.25) is 0 Å². The standard InChI is InChI=1S/C43H54N2/c1-3-5-7-9-11-19-29-43(30-20-12-10-8-6-4-2)41-31-35(33-44-37-21-15-13-16-22-37)25-27-39(41)40-28-26-36(32-42(40)43)34-45-38-23-17-14-18-24-38/h13-18,21-28,31-34,39,41H,3-12,19-20,29-30H2,1-2H3. The van der Waals surface area contributed by atoms with Gasteiger partial charge >= 0.3 is 0 Å². The summed E-state index contributed by atoms with van der Waals surface area (Å²) in [6, 6.07) is 27.9. The summed E-state index contributed by atoms with van der Waals surface area (Å²) in [5, 5.41) is 0. The van der Waals surface area contributed by atoms with Crippen molar-refractivity contribution in [3.63, 3.8) is 0 Å². The molecule has 0 aliphatic heterocycles. The lowest BCUT2D eigenvalue weighted by Crippen LogP contribution is -2.33. The molecule has 2 aliphatic rings. The number of hydrogen-bond donors (Lipinski definition) is 0. The summed E-state index contributed by atoms with van der Waals surface area (Å²) >= 11 is 0. The Morgan fingerprint density at radius 2 is 1.18 bits per heavy atom. The zero-order valence-corrected chi connectivity index (χ0v) is 27.8. The second-order valence-electron chi connectivity index (χ2n) is 13.3. The van der Waals surface area contributed by atoms with Gasteiger partial charge < -0.3 is 0 Å². The Balaban J connectivity index is 1.48. The number of para-hydroxylation sites is 2. The van der Waals surface area contributed by atoms with Gasteiger partial charge in [-0.3, -0.25) is 9.98 Å². The molecule has 45 heavy (non-hydrogen) atoms. The van der Waals surface area contributed by atoms with E-state index in [4.69, 9.17) is 9.98 Å². The highest BCUT2D eigenvalue weighted by Crippen LogP contribution is 2.58. The molecule has 0 spiro atoms. The number of allylic oxidation sites excluding steroid dienone is 4. The summed E-state index contributed by atoms with van der Waals surface area (Å²) in [5.41, 5.74) is 7.73. The van der Waals surface area contributed by atoms with Crippen molar-refractivity contribution in [2.75, 3.05) is 0 Å². The number of fused-ring (bicyclic) bond motifs is 3. The van der Waals surface area contributed by atoms with Crippen LogP contribution in [0, 0.1) is 5.92 Å². The number of unbranched alkanes of at least 4 members (excludes halogenated alkanes) is 10. The van der Waals surface area contributed by atoms with Crippen molar-refractivity contribution in [1.82, 2.24) is 0 Å². The molecule has 5 rings (SSSR count). The quantitative estimate of drug-likeness (QED) is 0.103. The molecule has 3 aromatic carbocycles. The second kappa shape index (κ2) is 17.2. The van der Waals surface area contributed by atoms with Crippen molar-refractivity contribution in [3.05, 3.63) is 119 Å². The number of benzene rings is 3. The van der Waals surface area contributed by atoms with E-state index in [2.05, 4.69) is 123 Å². The maximum Gasteiger partial charge on any atom is 0.0629 e. The van der Waals surface area contributed by atoms with Crippen LogP contribution in [0.1, 0.15) is 126 Å². The van der Waals surface area contributed by atoms with Crippen LogP contribution >= 0.6 is 0 Å². The van der Waals surface area contributed by atoms with Gasteiger partial charge in [0.15, 0.2) is 0 Å². The zero-order chi connectivity index (χ0) is 31.2. The first-order valence-electron chi connectivity index (χ1n) is 18.0. The molecule has 3 aromatic rings. The van der Waals surface area contributed by atoms with Crippen molar-refractivity contribution in [1.29, 1.82) is 0 Å². The number of aliphatic imine (C=N–C) groups is 2. The molecule has 0 fully saturated rings. The van der Waals surface area contributed by atoms with E-state index in [9.17, 15) is 0 Å². The van der Waals surface area contributed by atoms with Crippen LogP contribution in [-0.4, -0.2) is 12.4 Å². The number of nitrogens with zero attached hydrogens (tertiary/aromatic N) is 2. The van der Waals surface area contributed by atoms with E-state index in [1.807, 2.05) is 0 Å². The summed E-state index contributed by atoms with van der Waals surface area (Å²) in [4.78, 5) is 9.70. The lowest BCUT2D eigenvalue weighted by atomic mass is 9.65. The molecule has 0 amide bonds. The van der Waals surface area contributed by atoms with E-state index in [-0.39, 0.29) is 5.41 Å². The predicted octanol–water partition coefficient (Wildman–Crippen LogP) is 12.8. The van der Waals surface area contributed by atoms with Crippen LogP contribution in [0.3, 0.4) is 0 Å². The molecule has 0 aromatic heterocycles. The van der Waals surface area contributed by atoms with E-state index in [0.29, 0.717) is 11.8 Å². The maximum absolute atomic E-state index is 4.85. The second-order valence-corrected chi connectivity index (χ2v) is 13.3. The molecular weight excluding hydrogens is 544 g/mol. The molecule has 0 radical (unpaired) electrons. The van der Waals surface area contributed by atoms with Crippen LogP contribution in [-0.2, 0) is 5.41 Å². The van der Waals surface area contributed by atoms with Gasteiger partial charge in [0.1, 0.15) is 0 Å². The highest BCUT2D eigenvalue weighted by Gasteiger charge is 2.50. The van der Waals surface area contributed by atoms with Crippen molar-refractivity contribution in [3.8, 4) is 0 Å². The highest BCUT2D eigenvalue weighted by molar-refractivity contribution is 5.86. The van der Waals surface area contributed by atoms with Gasteiger partial charge in [0, 0.05) is 23.8 Å². The first kappa shape index (κ1) is 32.9. The molecule has 0 heterocycles. The molecule has 2 nitrogen and oxygen atoms in total. The normalized spacial score (nSPS) is 18.4. The van der Waals surface area contributed by atoms with Crippen molar-refractivity contribution >= 4 is 23.8 Å². The van der Waals surface area contributed by atoms with E-state index < -0.39 is 0 Å². The molecular formula is C43H54N2. The number of hydrogen-bond acceptors (Lipinski definition) is 2. The first-order chi connectivity index (χ1) is 22.2. The average molecular weight is 599 g/mol. The van der Waals surface area contributed by atoms with Crippen LogP contribution in [0.4, 0.5) is 11.4 Å². The third-order valence-corrected chi connectivity index (χ3v) is 10.1. The summed E-state index contributed by atoms with van der Waals surface area (Å²) in [5.74, 6) is 0.886. The SMILES string of the molecule is CCCCCCCCC1(CCCCCCCC)c2cc(C=Nc3ccccc3)ccc2C2C=CC(C=Nc3ccccc3)=CC21. The zero-order valence-electron chi connectivity index (χ0n) is 27.8. The molecule has 2 aliphatic carbocycles.